The summed E-state index contributed by atoms with van der Waals surface area (Å²) in [5.41, 5.74) is 2.53. The number of sulfonamides is 1. The highest BCUT2D eigenvalue weighted by molar-refractivity contribution is 7.89. The van der Waals surface area contributed by atoms with Crippen molar-refractivity contribution in [1.29, 1.82) is 0 Å². The van der Waals surface area contributed by atoms with Gasteiger partial charge < -0.3 is 14.5 Å². The number of Topliss-reactive ketones (excluding diaryl/α,β-unsaturated/α-hetero) is 1. The number of piperazine rings is 1. The van der Waals surface area contributed by atoms with E-state index >= 15 is 0 Å². The average Bonchev–Trinajstić information content (AvgIpc) is 3.06. The molecule has 1 saturated heterocycles. The van der Waals surface area contributed by atoms with Crippen molar-refractivity contribution in [2.75, 3.05) is 45.9 Å². The first kappa shape index (κ1) is 19.9. The van der Waals surface area contributed by atoms with E-state index in [2.05, 4.69) is 4.98 Å². The number of ether oxygens (including phenoxy) is 2. The first-order chi connectivity index (χ1) is 13.8. The van der Waals surface area contributed by atoms with Gasteiger partial charge in [-0.05, 0) is 32.0 Å². The minimum atomic E-state index is -3.62. The maximum atomic E-state index is 13.0. The number of benzene rings is 1. The minimum Gasteiger partial charge on any atom is -0.486 e. The second-order valence-electron chi connectivity index (χ2n) is 7.40. The third-order valence-electron chi connectivity index (χ3n) is 5.30. The Labute approximate surface area is 170 Å². The molecular formula is C20H25N3O5S. The number of aromatic amines is 1. The molecule has 0 amide bonds. The number of nitrogens with zero attached hydrogens (tertiary/aromatic N) is 2. The van der Waals surface area contributed by atoms with Gasteiger partial charge in [0, 0.05) is 49.2 Å². The lowest BCUT2D eigenvalue weighted by Crippen LogP contribution is -2.49. The van der Waals surface area contributed by atoms with Gasteiger partial charge in [0.15, 0.2) is 17.3 Å². The molecule has 2 aliphatic rings. The third-order valence-corrected chi connectivity index (χ3v) is 7.19. The smallest absolute Gasteiger partial charge is 0.243 e. The summed E-state index contributed by atoms with van der Waals surface area (Å²) in [6, 6.07) is 6.57. The van der Waals surface area contributed by atoms with E-state index in [1.807, 2.05) is 24.8 Å². The van der Waals surface area contributed by atoms with E-state index in [-0.39, 0.29) is 17.2 Å². The summed E-state index contributed by atoms with van der Waals surface area (Å²) in [5, 5.41) is 0. The Morgan fingerprint density at radius 1 is 1.03 bits per heavy atom. The molecule has 0 unspecified atom stereocenters. The van der Waals surface area contributed by atoms with Crippen LogP contribution in [0.1, 0.15) is 21.7 Å². The van der Waals surface area contributed by atoms with Gasteiger partial charge >= 0.3 is 0 Å². The van der Waals surface area contributed by atoms with Gasteiger partial charge in [-0.1, -0.05) is 0 Å². The molecule has 0 atom stereocenters. The maximum absolute atomic E-state index is 13.0. The topological polar surface area (TPSA) is 91.9 Å². The number of aromatic nitrogens is 1. The molecule has 1 fully saturated rings. The van der Waals surface area contributed by atoms with Gasteiger partial charge in [0.05, 0.1) is 11.4 Å². The van der Waals surface area contributed by atoms with Crippen molar-refractivity contribution in [1.82, 2.24) is 14.2 Å². The largest absolute Gasteiger partial charge is 0.486 e. The third kappa shape index (κ3) is 4.03. The van der Waals surface area contributed by atoms with Crippen molar-refractivity contribution in [3.8, 4) is 11.5 Å². The number of hydrogen-bond donors (Lipinski definition) is 1. The molecule has 8 nitrogen and oxygen atoms in total. The molecule has 0 spiro atoms. The number of aryl methyl sites for hydroxylation is 2. The molecule has 9 heteroatoms. The van der Waals surface area contributed by atoms with Gasteiger partial charge in [0.25, 0.3) is 0 Å². The SMILES string of the molecule is Cc1cc(C(=O)CN2CCN(S(=O)(=O)c3ccc4c(c3)OCCO4)CC2)c(C)[nH]1. The Morgan fingerprint density at radius 3 is 2.38 bits per heavy atom. The van der Waals surface area contributed by atoms with Crippen LogP contribution >= 0.6 is 0 Å². The lowest BCUT2D eigenvalue weighted by molar-refractivity contribution is 0.0901. The summed E-state index contributed by atoms with van der Waals surface area (Å²) in [6.07, 6.45) is 0. The van der Waals surface area contributed by atoms with Crippen LogP contribution in [0.5, 0.6) is 11.5 Å². The van der Waals surface area contributed by atoms with Crippen LogP contribution in [0.4, 0.5) is 0 Å². The van der Waals surface area contributed by atoms with Crippen LogP contribution < -0.4 is 9.47 Å². The van der Waals surface area contributed by atoms with Gasteiger partial charge in [-0.25, -0.2) is 8.42 Å². The van der Waals surface area contributed by atoms with E-state index in [0.29, 0.717) is 56.5 Å². The molecule has 3 heterocycles. The number of carbonyl (C=O) groups excluding carboxylic acids is 1. The monoisotopic (exact) mass is 419 g/mol. The van der Waals surface area contributed by atoms with Crippen LogP contribution in [-0.4, -0.2) is 74.3 Å². The van der Waals surface area contributed by atoms with Gasteiger partial charge in [0.1, 0.15) is 13.2 Å². The summed E-state index contributed by atoms with van der Waals surface area (Å²) in [5.74, 6) is 1.07. The Balaban J connectivity index is 1.40. The van der Waals surface area contributed by atoms with Crippen molar-refractivity contribution in [3.05, 3.63) is 41.2 Å². The molecular weight excluding hydrogens is 394 g/mol. The zero-order chi connectivity index (χ0) is 20.6. The predicted octanol–water partition coefficient (Wildman–Crippen LogP) is 1.59. The van der Waals surface area contributed by atoms with Crippen LogP contribution in [0.25, 0.3) is 0 Å². The fraction of sp³-hybridized carbons (Fsp3) is 0.450. The molecule has 2 aromatic rings. The second-order valence-corrected chi connectivity index (χ2v) is 9.34. The van der Waals surface area contributed by atoms with Gasteiger partial charge in [-0.3, -0.25) is 9.69 Å². The molecule has 29 heavy (non-hydrogen) atoms. The second kappa shape index (κ2) is 7.81. The molecule has 1 N–H and O–H groups in total. The summed E-state index contributed by atoms with van der Waals surface area (Å²) in [4.78, 5) is 17.9. The molecule has 0 saturated carbocycles. The first-order valence-electron chi connectivity index (χ1n) is 9.66. The van der Waals surface area contributed by atoms with Crippen LogP contribution in [0, 0.1) is 13.8 Å². The highest BCUT2D eigenvalue weighted by Crippen LogP contribution is 2.33. The van der Waals surface area contributed by atoms with E-state index in [0.717, 1.165) is 11.4 Å². The number of ketones is 1. The van der Waals surface area contributed by atoms with E-state index in [9.17, 15) is 13.2 Å². The maximum Gasteiger partial charge on any atom is 0.243 e. The van der Waals surface area contributed by atoms with Crippen LogP contribution in [0.2, 0.25) is 0 Å². The molecule has 0 aliphatic carbocycles. The Morgan fingerprint density at radius 2 is 1.72 bits per heavy atom. The quantitative estimate of drug-likeness (QED) is 0.740. The van der Waals surface area contributed by atoms with Gasteiger partial charge in [-0.2, -0.15) is 4.31 Å². The van der Waals surface area contributed by atoms with E-state index in [1.54, 1.807) is 12.1 Å². The summed E-state index contributed by atoms with van der Waals surface area (Å²) < 4.78 is 38.4. The molecule has 1 aromatic heterocycles. The molecule has 0 radical (unpaired) electrons. The van der Waals surface area contributed by atoms with E-state index < -0.39 is 10.0 Å². The summed E-state index contributed by atoms with van der Waals surface area (Å²) in [6.45, 7) is 6.67. The Kier molecular flexibility index (Phi) is 5.37. The lowest BCUT2D eigenvalue weighted by atomic mass is 10.1. The number of rotatable bonds is 5. The zero-order valence-corrected chi connectivity index (χ0v) is 17.4. The van der Waals surface area contributed by atoms with Gasteiger partial charge in [0.2, 0.25) is 10.0 Å². The molecule has 0 bridgehead atoms. The van der Waals surface area contributed by atoms with Crippen molar-refractivity contribution < 1.29 is 22.7 Å². The van der Waals surface area contributed by atoms with E-state index in [1.165, 1.54) is 10.4 Å². The van der Waals surface area contributed by atoms with Crippen LogP contribution in [0.3, 0.4) is 0 Å². The van der Waals surface area contributed by atoms with Gasteiger partial charge in [-0.15, -0.1) is 0 Å². The van der Waals surface area contributed by atoms with Crippen LogP contribution in [0.15, 0.2) is 29.2 Å². The fourth-order valence-electron chi connectivity index (χ4n) is 3.76. The van der Waals surface area contributed by atoms with Crippen molar-refractivity contribution in [2.24, 2.45) is 0 Å². The highest BCUT2D eigenvalue weighted by atomic mass is 32.2. The molecule has 156 valence electrons. The molecule has 1 aromatic carbocycles. The Hall–Kier alpha value is -2.36. The molecule has 2 aliphatic heterocycles. The van der Waals surface area contributed by atoms with Crippen molar-refractivity contribution >= 4 is 15.8 Å². The Bertz CT molecular complexity index is 1020. The standard InChI is InChI=1S/C20H25N3O5S/c1-14-11-17(15(2)21-14)18(24)13-22-5-7-23(8-6-22)29(25,26)16-3-4-19-20(12-16)28-10-9-27-19/h3-4,11-12,21H,5-10,13H2,1-2H3. The highest BCUT2D eigenvalue weighted by Gasteiger charge is 2.30. The minimum absolute atomic E-state index is 0.0509. The van der Waals surface area contributed by atoms with Crippen LogP contribution in [-0.2, 0) is 10.0 Å². The number of H-pyrrole nitrogens is 1. The van der Waals surface area contributed by atoms with Crippen molar-refractivity contribution in [3.63, 3.8) is 0 Å². The lowest BCUT2D eigenvalue weighted by Gasteiger charge is -2.33. The first-order valence-corrected chi connectivity index (χ1v) is 11.1. The number of hydrogen-bond acceptors (Lipinski definition) is 6. The summed E-state index contributed by atoms with van der Waals surface area (Å²) in [7, 11) is -3.62. The number of carbonyl (C=O) groups is 1. The fourth-order valence-corrected chi connectivity index (χ4v) is 5.20. The average molecular weight is 420 g/mol. The predicted molar refractivity (Wildman–Crippen MR) is 107 cm³/mol. The summed E-state index contributed by atoms with van der Waals surface area (Å²) >= 11 is 0. The van der Waals surface area contributed by atoms with E-state index in [4.69, 9.17) is 9.47 Å². The molecule has 4 rings (SSSR count). The van der Waals surface area contributed by atoms with Crippen molar-refractivity contribution in [2.45, 2.75) is 18.7 Å². The normalized spacial score (nSPS) is 18.0. The number of fused-ring (bicyclic) bond motifs is 1. The number of nitrogens with one attached hydrogen (secondary N) is 1. The zero-order valence-electron chi connectivity index (χ0n) is 16.6.